The van der Waals surface area contributed by atoms with Gasteiger partial charge in [0.2, 0.25) is 0 Å². The molecule has 0 aliphatic rings. The lowest BCUT2D eigenvalue weighted by molar-refractivity contribution is 0.319. The second-order valence-corrected chi connectivity index (χ2v) is 4.01. The van der Waals surface area contributed by atoms with Crippen LogP contribution in [0.3, 0.4) is 0 Å². The van der Waals surface area contributed by atoms with Crippen molar-refractivity contribution in [3.05, 3.63) is 42.0 Å². The van der Waals surface area contributed by atoms with Crippen LogP contribution in [-0.2, 0) is 0 Å². The van der Waals surface area contributed by atoms with Crippen molar-refractivity contribution in [1.82, 2.24) is 5.32 Å². The third kappa shape index (κ3) is 5.85. The zero-order chi connectivity index (χ0) is 14.3. The summed E-state index contributed by atoms with van der Waals surface area (Å²) in [5, 5.41) is 2.83. The molecule has 0 fully saturated rings. The molecule has 0 unspecified atom stereocenters. The van der Waals surface area contributed by atoms with E-state index >= 15 is 0 Å². The van der Waals surface area contributed by atoms with Gasteiger partial charge >= 0.3 is 0 Å². The highest BCUT2D eigenvalue weighted by Gasteiger charge is 2.02. The highest BCUT2D eigenvalue weighted by molar-refractivity contribution is 5.77. The summed E-state index contributed by atoms with van der Waals surface area (Å²) in [5.74, 6) is -1.29. The lowest BCUT2D eigenvalue weighted by Crippen LogP contribution is -2.34. The molecule has 0 saturated carbocycles. The molecule has 1 aromatic rings. The second-order valence-electron chi connectivity index (χ2n) is 4.01. The molecule has 19 heavy (non-hydrogen) atoms. The molecule has 1 rings (SSSR count). The number of benzene rings is 1. The maximum absolute atomic E-state index is 12.9. The smallest absolute Gasteiger partial charge is 0.189 e. The van der Waals surface area contributed by atoms with Crippen LogP contribution in [-0.4, -0.2) is 25.7 Å². The number of ether oxygens (including phenoxy) is 1. The minimum atomic E-state index is -0.937. The van der Waals surface area contributed by atoms with Gasteiger partial charge in [-0.15, -0.1) is 0 Å². The normalized spacial score (nSPS) is 11.2. The zero-order valence-electron chi connectivity index (χ0n) is 10.7. The Kier molecular flexibility index (Phi) is 5.78. The van der Waals surface area contributed by atoms with Crippen LogP contribution in [0, 0.1) is 11.6 Å². The van der Waals surface area contributed by atoms with E-state index in [4.69, 9.17) is 10.5 Å². The number of halogens is 2. The van der Waals surface area contributed by atoms with E-state index in [0.29, 0.717) is 13.1 Å². The van der Waals surface area contributed by atoms with Gasteiger partial charge in [-0.3, -0.25) is 0 Å². The van der Waals surface area contributed by atoms with Crippen molar-refractivity contribution in [2.45, 2.75) is 6.92 Å². The summed E-state index contributed by atoms with van der Waals surface area (Å²) in [6.07, 6.45) is 0. The monoisotopic (exact) mass is 269 g/mol. The Morgan fingerprint density at radius 3 is 2.79 bits per heavy atom. The van der Waals surface area contributed by atoms with Gasteiger partial charge in [-0.25, -0.2) is 13.8 Å². The molecule has 0 saturated heterocycles. The van der Waals surface area contributed by atoms with Crippen molar-refractivity contribution < 1.29 is 13.5 Å². The van der Waals surface area contributed by atoms with E-state index in [1.54, 1.807) is 0 Å². The van der Waals surface area contributed by atoms with E-state index in [9.17, 15) is 8.78 Å². The average molecular weight is 269 g/mol. The fraction of sp³-hybridized carbons (Fsp3) is 0.308. The number of hydrogen-bond acceptors (Lipinski definition) is 2. The van der Waals surface area contributed by atoms with Crippen molar-refractivity contribution in [3.8, 4) is 5.75 Å². The molecule has 0 bridgehead atoms. The summed E-state index contributed by atoms with van der Waals surface area (Å²) in [4.78, 5) is 4.01. The number of guanidine groups is 1. The molecule has 3 N–H and O–H groups in total. The van der Waals surface area contributed by atoms with Crippen LogP contribution in [0.15, 0.2) is 35.3 Å². The van der Waals surface area contributed by atoms with Crippen LogP contribution >= 0.6 is 0 Å². The van der Waals surface area contributed by atoms with E-state index < -0.39 is 11.6 Å². The maximum Gasteiger partial charge on any atom is 0.189 e. The Labute approximate surface area is 111 Å². The summed E-state index contributed by atoms with van der Waals surface area (Å²) in [6, 6.07) is 3.37. The van der Waals surface area contributed by atoms with Crippen molar-refractivity contribution >= 4 is 5.96 Å². The van der Waals surface area contributed by atoms with Crippen LogP contribution in [0.2, 0.25) is 0 Å². The van der Waals surface area contributed by atoms with Gasteiger partial charge in [0.15, 0.2) is 17.6 Å². The number of aliphatic imine (C=N–C) groups is 1. The first kappa shape index (κ1) is 14.9. The van der Waals surface area contributed by atoms with E-state index in [-0.39, 0.29) is 18.3 Å². The van der Waals surface area contributed by atoms with Gasteiger partial charge in [0.1, 0.15) is 12.4 Å². The second kappa shape index (κ2) is 7.35. The summed E-state index contributed by atoms with van der Waals surface area (Å²) in [5.41, 5.74) is 6.48. The van der Waals surface area contributed by atoms with Crippen LogP contribution in [0.25, 0.3) is 0 Å². The van der Waals surface area contributed by atoms with Gasteiger partial charge in [0, 0.05) is 6.07 Å². The van der Waals surface area contributed by atoms with Crippen LogP contribution in [0.1, 0.15) is 6.92 Å². The Morgan fingerprint density at radius 2 is 2.16 bits per heavy atom. The summed E-state index contributed by atoms with van der Waals surface area (Å²) >= 11 is 0. The fourth-order valence-corrected chi connectivity index (χ4v) is 1.19. The van der Waals surface area contributed by atoms with Crippen molar-refractivity contribution in [2.75, 3.05) is 19.7 Å². The van der Waals surface area contributed by atoms with Crippen molar-refractivity contribution in [3.63, 3.8) is 0 Å². The summed E-state index contributed by atoms with van der Waals surface area (Å²) in [7, 11) is 0. The first-order valence-electron chi connectivity index (χ1n) is 5.75. The topological polar surface area (TPSA) is 59.6 Å². The van der Waals surface area contributed by atoms with E-state index in [0.717, 1.165) is 17.7 Å². The number of nitrogens with two attached hydrogens (primary N) is 1. The molecule has 6 heteroatoms. The molecule has 0 spiro atoms. The maximum atomic E-state index is 12.9. The molecule has 104 valence electrons. The number of hydrogen-bond donors (Lipinski definition) is 2. The molecule has 1 aromatic carbocycles. The third-order valence-electron chi connectivity index (χ3n) is 2.09. The van der Waals surface area contributed by atoms with Gasteiger partial charge in [-0.2, -0.15) is 0 Å². The lowest BCUT2D eigenvalue weighted by Gasteiger charge is -2.08. The number of rotatable bonds is 6. The van der Waals surface area contributed by atoms with E-state index in [1.807, 2.05) is 6.92 Å². The molecule has 0 heterocycles. The Hall–Kier alpha value is -2.11. The highest BCUT2D eigenvalue weighted by atomic mass is 19.2. The van der Waals surface area contributed by atoms with E-state index in [2.05, 4.69) is 16.9 Å². The van der Waals surface area contributed by atoms with Gasteiger partial charge in [-0.05, 0) is 19.1 Å². The lowest BCUT2D eigenvalue weighted by atomic mass is 10.3. The number of nitrogens with one attached hydrogen (secondary N) is 1. The standard InChI is InChI=1S/C13H17F2N3O/c1-9(2)8-18-13(16)17-5-6-19-10-3-4-11(14)12(15)7-10/h3-4,7H,1,5-6,8H2,2H3,(H3,16,17,18). The minimum Gasteiger partial charge on any atom is -0.492 e. The summed E-state index contributed by atoms with van der Waals surface area (Å²) in [6.45, 7) is 6.67. The first-order chi connectivity index (χ1) is 8.99. The van der Waals surface area contributed by atoms with Gasteiger partial charge in [0.05, 0.1) is 13.1 Å². The van der Waals surface area contributed by atoms with Crippen molar-refractivity contribution in [1.29, 1.82) is 0 Å². The predicted octanol–water partition coefficient (Wildman–Crippen LogP) is 1.82. The Bertz CT molecular complexity index is 475. The molecule has 0 atom stereocenters. The molecular formula is C13H17F2N3O. The Balaban J connectivity index is 2.29. The molecule has 0 amide bonds. The third-order valence-corrected chi connectivity index (χ3v) is 2.09. The number of nitrogens with zero attached hydrogens (tertiary/aromatic N) is 1. The first-order valence-corrected chi connectivity index (χ1v) is 5.75. The molecule has 0 aromatic heterocycles. The Morgan fingerprint density at radius 1 is 1.42 bits per heavy atom. The quantitative estimate of drug-likeness (QED) is 0.358. The van der Waals surface area contributed by atoms with Crippen LogP contribution in [0.4, 0.5) is 8.78 Å². The van der Waals surface area contributed by atoms with Gasteiger partial charge in [-0.1, -0.05) is 12.2 Å². The van der Waals surface area contributed by atoms with Gasteiger partial charge in [0.25, 0.3) is 0 Å². The van der Waals surface area contributed by atoms with Crippen LogP contribution < -0.4 is 15.8 Å². The SMILES string of the molecule is C=C(C)CN=C(N)NCCOc1ccc(F)c(F)c1. The molecule has 0 radical (unpaired) electrons. The molecule has 0 aliphatic carbocycles. The van der Waals surface area contributed by atoms with E-state index in [1.165, 1.54) is 6.07 Å². The minimum absolute atomic E-state index is 0.258. The summed E-state index contributed by atoms with van der Waals surface area (Å²) < 4.78 is 30.8. The molecule has 0 aliphatic heterocycles. The fourth-order valence-electron chi connectivity index (χ4n) is 1.19. The molecular weight excluding hydrogens is 252 g/mol. The van der Waals surface area contributed by atoms with Crippen molar-refractivity contribution in [2.24, 2.45) is 10.7 Å². The largest absolute Gasteiger partial charge is 0.492 e. The highest BCUT2D eigenvalue weighted by Crippen LogP contribution is 2.14. The predicted molar refractivity (Wildman–Crippen MR) is 71.2 cm³/mol. The molecule has 4 nitrogen and oxygen atoms in total. The zero-order valence-corrected chi connectivity index (χ0v) is 10.7. The average Bonchev–Trinajstić information content (AvgIpc) is 2.36. The van der Waals surface area contributed by atoms with Gasteiger partial charge < -0.3 is 15.8 Å². The van der Waals surface area contributed by atoms with Crippen LogP contribution in [0.5, 0.6) is 5.75 Å².